The maximum absolute atomic E-state index is 6.04. The number of aromatic nitrogens is 4. The highest BCUT2D eigenvalue weighted by Gasteiger charge is 2.21. The minimum absolute atomic E-state index is 0.502. The van der Waals surface area contributed by atoms with E-state index in [0.717, 1.165) is 12.1 Å². The maximum atomic E-state index is 6.04. The molecule has 4 N–H and O–H groups in total. The number of rotatable bonds is 5. The van der Waals surface area contributed by atoms with Crippen LogP contribution in [-0.4, -0.2) is 20.2 Å². The van der Waals surface area contributed by atoms with Gasteiger partial charge in [0.15, 0.2) is 5.82 Å². The lowest BCUT2D eigenvalue weighted by Crippen LogP contribution is -2.23. The Kier molecular flexibility index (Phi) is 4.45. The Hall–Kier alpha value is -2.11. The van der Waals surface area contributed by atoms with Gasteiger partial charge in [-0.3, -0.25) is 0 Å². The van der Waals surface area contributed by atoms with Gasteiger partial charge >= 0.3 is 0 Å². The Morgan fingerprint density at radius 3 is 2.33 bits per heavy atom. The van der Waals surface area contributed by atoms with Crippen molar-refractivity contribution in [2.75, 3.05) is 11.5 Å². The van der Waals surface area contributed by atoms with Crippen LogP contribution in [0.3, 0.4) is 0 Å². The maximum Gasteiger partial charge on any atom is 0.184 e. The van der Waals surface area contributed by atoms with Crippen molar-refractivity contribution in [1.29, 1.82) is 0 Å². The van der Waals surface area contributed by atoms with E-state index >= 15 is 0 Å². The van der Waals surface area contributed by atoms with Gasteiger partial charge in [-0.2, -0.15) is 0 Å². The van der Waals surface area contributed by atoms with Crippen LogP contribution in [0.1, 0.15) is 27.7 Å². The molecule has 6 heteroatoms. The average Bonchev–Trinajstić information content (AvgIpc) is 2.83. The summed E-state index contributed by atoms with van der Waals surface area (Å²) in [6.07, 6.45) is 0. The molecule has 21 heavy (non-hydrogen) atoms. The van der Waals surface area contributed by atoms with Crippen LogP contribution < -0.4 is 11.5 Å². The highest BCUT2D eigenvalue weighted by molar-refractivity contribution is 5.74. The van der Waals surface area contributed by atoms with Crippen molar-refractivity contribution in [2.45, 2.75) is 34.2 Å². The number of hydrogen-bond acceptors (Lipinski definition) is 5. The first-order valence-corrected chi connectivity index (χ1v) is 7.31. The van der Waals surface area contributed by atoms with Crippen LogP contribution in [0, 0.1) is 17.8 Å². The van der Waals surface area contributed by atoms with E-state index in [2.05, 4.69) is 43.2 Å². The van der Waals surface area contributed by atoms with E-state index in [9.17, 15) is 0 Å². The van der Waals surface area contributed by atoms with Crippen molar-refractivity contribution in [1.82, 2.24) is 20.2 Å². The van der Waals surface area contributed by atoms with Gasteiger partial charge < -0.3 is 11.5 Å². The van der Waals surface area contributed by atoms with Gasteiger partial charge in [0.1, 0.15) is 0 Å². The Morgan fingerprint density at radius 2 is 1.76 bits per heavy atom. The van der Waals surface area contributed by atoms with E-state index in [1.807, 2.05) is 16.8 Å². The molecule has 6 nitrogen and oxygen atoms in total. The number of nitrogen functional groups attached to an aromatic ring is 2. The topological polar surface area (TPSA) is 95.6 Å². The standard InChI is InChI=1S/C15H24N6/c1-9(2)13(10(3)4)8-21-15(18-19-20-21)12-6-5-11(16)7-14(12)17/h5-7,9-10,13H,8,16-17H2,1-4H3. The van der Waals surface area contributed by atoms with Gasteiger partial charge in [-0.1, -0.05) is 27.7 Å². The predicted molar refractivity (Wildman–Crippen MR) is 85.2 cm³/mol. The van der Waals surface area contributed by atoms with Gasteiger partial charge in [-0.05, 0) is 46.4 Å². The largest absolute Gasteiger partial charge is 0.399 e. The minimum Gasteiger partial charge on any atom is -0.399 e. The summed E-state index contributed by atoms with van der Waals surface area (Å²) in [5.41, 5.74) is 13.8. The van der Waals surface area contributed by atoms with E-state index in [1.54, 1.807) is 6.07 Å². The zero-order chi connectivity index (χ0) is 15.6. The normalized spacial score (nSPS) is 11.8. The van der Waals surface area contributed by atoms with Crippen molar-refractivity contribution in [3.8, 4) is 11.4 Å². The SMILES string of the molecule is CC(C)C(Cn1nnnc1-c1ccc(N)cc1N)C(C)C. The fraction of sp³-hybridized carbons (Fsp3) is 0.533. The van der Waals surface area contributed by atoms with Crippen LogP contribution in [0.15, 0.2) is 18.2 Å². The van der Waals surface area contributed by atoms with Gasteiger partial charge in [0.2, 0.25) is 0 Å². The van der Waals surface area contributed by atoms with Crippen LogP contribution in [0.5, 0.6) is 0 Å². The summed E-state index contributed by atoms with van der Waals surface area (Å²) in [6, 6.07) is 5.41. The van der Waals surface area contributed by atoms with Crippen LogP contribution in [0.4, 0.5) is 11.4 Å². The molecule has 0 saturated heterocycles. The van der Waals surface area contributed by atoms with Gasteiger partial charge in [0.05, 0.1) is 0 Å². The smallest absolute Gasteiger partial charge is 0.184 e. The Bertz CT molecular complexity index is 594. The second-order valence-corrected chi connectivity index (χ2v) is 6.18. The summed E-state index contributed by atoms with van der Waals surface area (Å²) in [5.74, 6) is 2.32. The fourth-order valence-corrected chi connectivity index (χ4v) is 2.70. The molecular formula is C15H24N6. The van der Waals surface area contributed by atoms with Crippen LogP contribution in [-0.2, 0) is 6.54 Å². The second kappa shape index (κ2) is 6.11. The minimum atomic E-state index is 0.502. The molecule has 2 aromatic rings. The Labute approximate surface area is 125 Å². The first-order chi connectivity index (χ1) is 9.90. The zero-order valence-electron chi connectivity index (χ0n) is 13.1. The number of nitrogens with zero attached hydrogens (tertiary/aromatic N) is 4. The van der Waals surface area contributed by atoms with E-state index in [1.165, 1.54) is 0 Å². The Morgan fingerprint density at radius 1 is 1.10 bits per heavy atom. The number of anilines is 2. The summed E-state index contributed by atoms with van der Waals surface area (Å²) in [4.78, 5) is 0. The third-order valence-electron chi connectivity index (χ3n) is 3.94. The summed E-state index contributed by atoms with van der Waals surface area (Å²) in [7, 11) is 0. The molecule has 0 atom stereocenters. The number of nitrogens with two attached hydrogens (primary N) is 2. The molecule has 0 radical (unpaired) electrons. The van der Waals surface area contributed by atoms with Crippen molar-refractivity contribution in [3.05, 3.63) is 18.2 Å². The molecule has 2 rings (SSSR count). The molecule has 0 unspecified atom stereocenters. The molecule has 1 aromatic carbocycles. The van der Waals surface area contributed by atoms with Crippen molar-refractivity contribution < 1.29 is 0 Å². The number of tetrazole rings is 1. The quantitative estimate of drug-likeness (QED) is 0.824. The van der Waals surface area contributed by atoms with Gasteiger partial charge in [0, 0.05) is 23.5 Å². The lowest BCUT2D eigenvalue weighted by atomic mass is 9.85. The summed E-state index contributed by atoms with van der Waals surface area (Å²) in [5, 5.41) is 12.1. The molecule has 1 aromatic heterocycles. The summed E-state index contributed by atoms with van der Waals surface area (Å²) >= 11 is 0. The average molecular weight is 288 g/mol. The summed E-state index contributed by atoms with van der Waals surface area (Å²) < 4.78 is 1.84. The van der Waals surface area contributed by atoms with E-state index in [-0.39, 0.29) is 0 Å². The highest BCUT2D eigenvalue weighted by atomic mass is 15.5. The molecule has 0 amide bonds. The monoisotopic (exact) mass is 288 g/mol. The molecule has 0 bridgehead atoms. The third-order valence-corrected chi connectivity index (χ3v) is 3.94. The summed E-state index contributed by atoms with van der Waals surface area (Å²) in [6.45, 7) is 9.69. The van der Waals surface area contributed by atoms with Crippen LogP contribution in [0.2, 0.25) is 0 Å². The third kappa shape index (κ3) is 3.32. The van der Waals surface area contributed by atoms with Gasteiger partial charge in [0.25, 0.3) is 0 Å². The van der Waals surface area contributed by atoms with Crippen LogP contribution >= 0.6 is 0 Å². The van der Waals surface area contributed by atoms with E-state index in [0.29, 0.717) is 35.0 Å². The van der Waals surface area contributed by atoms with Crippen molar-refractivity contribution in [2.24, 2.45) is 17.8 Å². The highest BCUT2D eigenvalue weighted by Crippen LogP contribution is 2.28. The second-order valence-electron chi connectivity index (χ2n) is 6.18. The van der Waals surface area contributed by atoms with Crippen molar-refractivity contribution in [3.63, 3.8) is 0 Å². The molecule has 1 heterocycles. The lowest BCUT2D eigenvalue weighted by molar-refractivity contribution is 0.242. The van der Waals surface area contributed by atoms with Crippen LogP contribution in [0.25, 0.3) is 11.4 Å². The lowest BCUT2D eigenvalue weighted by Gasteiger charge is -2.24. The fourth-order valence-electron chi connectivity index (χ4n) is 2.70. The predicted octanol–water partition coefficient (Wildman–Crippen LogP) is 2.43. The molecule has 114 valence electrons. The van der Waals surface area contributed by atoms with Gasteiger partial charge in [-0.25, -0.2) is 4.68 Å². The van der Waals surface area contributed by atoms with E-state index < -0.39 is 0 Å². The van der Waals surface area contributed by atoms with Gasteiger partial charge in [-0.15, -0.1) is 5.10 Å². The molecular weight excluding hydrogens is 264 g/mol. The molecule has 0 saturated carbocycles. The number of hydrogen-bond donors (Lipinski definition) is 2. The first-order valence-electron chi connectivity index (χ1n) is 7.31. The van der Waals surface area contributed by atoms with Crippen molar-refractivity contribution >= 4 is 11.4 Å². The zero-order valence-corrected chi connectivity index (χ0v) is 13.1. The first kappa shape index (κ1) is 15.3. The molecule has 0 spiro atoms. The number of benzene rings is 1. The Balaban J connectivity index is 2.34. The molecule has 0 aliphatic heterocycles. The van der Waals surface area contributed by atoms with E-state index in [4.69, 9.17) is 11.5 Å². The molecule has 0 aliphatic rings. The molecule has 0 fully saturated rings. The molecule has 0 aliphatic carbocycles.